The molecule has 1 aromatic carbocycles. The van der Waals surface area contributed by atoms with Crippen LogP contribution in [0.3, 0.4) is 0 Å². The molecule has 36 heavy (non-hydrogen) atoms. The Morgan fingerprint density at radius 1 is 1.22 bits per heavy atom. The maximum atomic E-state index is 14.0. The topological polar surface area (TPSA) is 102 Å². The molecule has 1 atom stereocenters. The van der Waals surface area contributed by atoms with Crippen LogP contribution in [0.2, 0.25) is 5.02 Å². The van der Waals surface area contributed by atoms with Crippen molar-refractivity contribution in [2.45, 2.75) is 24.8 Å². The van der Waals surface area contributed by atoms with Crippen LogP contribution < -0.4 is 15.6 Å². The van der Waals surface area contributed by atoms with Crippen molar-refractivity contribution >= 4 is 23.2 Å². The van der Waals surface area contributed by atoms with Gasteiger partial charge >= 0.3 is 0 Å². The van der Waals surface area contributed by atoms with E-state index < -0.39 is 18.5 Å². The highest BCUT2D eigenvalue weighted by Gasteiger charge is 2.26. The van der Waals surface area contributed by atoms with E-state index in [-0.39, 0.29) is 10.6 Å². The van der Waals surface area contributed by atoms with Gasteiger partial charge in [-0.2, -0.15) is 0 Å². The molecular formula is C26H23ClFN5O3. The zero-order valence-electron chi connectivity index (χ0n) is 19.4. The maximum absolute atomic E-state index is 14.0. The zero-order chi connectivity index (χ0) is 25.2. The minimum atomic E-state index is -0.763. The Labute approximate surface area is 211 Å². The van der Waals surface area contributed by atoms with Crippen LogP contribution in [0.5, 0.6) is 5.75 Å². The Kier molecular flexibility index (Phi) is 6.67. The highest BCUT2D eigenvalue weighted by atomic mass is 35.5. The number of ether oxygens (including phenoxy) is 1. The molecule has 0 spiro atoms. The Morgan fingerprint density at radius 3 is 2.75 bits per heavy atom. The van der Waals surface area contributed by atoms with Crippen LogP contribution in [-0.2, 0) is 0 Å². The van der Waals surface area contributed by atoms with E-state index in [0.717, 1.165) is 18.5 Å². The summed E-state index contributed by atoms with van der Waals surface area (Å²) in [5.41, 5.74) is 2.87. The van der Waals surface area contributed by atoms with Gasteiger partial charge in [0, 0.05) is 35.6 Å². The Hall–Kier alpha value is -3.82. The molecule has 0 amide bonds. The molecule has 4 aromatic rings. The Balaban J connectivity index is 1.42. The third-order valence-electron chi connectivity index (χ3n) is 6.09. The first-order valence-corrected chi connectivity index (χ1v) is 11.8. The van der Waals surface area contributed by atoms with E-state index in [2.05, 4.69) is 20.3 Å². The van der Waals surface area contributed by atoms with Gasteiger partial charge in [0.25, 0.3) is 5.56 Å². The number of aromatic nitrogens is 4. The lowest BCUT2D eigenvalue weighted by molar-refractivity contribution is 0.247. The number of pyridine rings is 2. The van der Waals surface area contributed by atoms with Gasteiger partial charge in [-0.3, -0.25) is 9.78 Å². The second kappa shape index (κ2) is 10.0. The number of benzene rings is 1. The molecule has 2 N–H and O–H groups in total. The van der Waals surface area contributed by atoms with Gasteiger partial charge in [0.2, 0.25) is 5.95 Å². The van der Waals surface area contributed by atoms with Gasteiger partial charge in [0.05, 0.1) is 42.4 Å². The highest BCUT2D eigenvalue weighted by Crippen LogP contribution is 2.41. The summed E-state index contributed by atoms with van der Waals surface area (Å²) in [4.78, 5) is 26.3. The monoisotopic (exact) mass is 507 g/mol. The molecular weight excluding hydrogens is 485 g/mol. The van der Waals surface area contributed by atoms with Crippen molar-refractivity contribution in [1.82, 2.24) is 19.5 Å². The first-order valence-electron chi connectivity index (χ1n) is 11.4. The molecule has 1 aliphatic rings. The summed E-state index contributed by atoms with van der Waals surface area (Å²) >= 11 is 5.77. The number of hydrogen-bond acceptors (Lipinski definition) is 7. The lowest BCUT2D eigenvalue weighted by atomic mass is 10.1. The van der Waals surface area contributed by atoms with Crippen LogP contribution in [0, 0.1) is 5.82 Å². The van der Waals surface area contributed by atoms with E-state index in [1.54, 1.807) is 43.9 Å². The molecule has 1 aliphatic carbocycles. The standard InChI is InChI=1S/C26H23ClFN5O3/c1-36-24-13-30-21(15-2-3-15)12-22(24)32-26-29-8-6-20(31-26)16-7-9-33(25(35)11-16)23(14-34)17-4-5-18(27)19(28)10-17/h4-13,15,23,34H,2-3,14H2,1H3,(H,29,30,31,32)/t23-/m1/s1. The van der Waals surface area contributed by atoms with Gasteiger partial charge in [-0.05, 0) is 48.7 Å². The van der Waals surface area contributed by atoms with E-state index in [1.807, 2.05) is 6.07 Å². The fraction of sp³-hybridized carbons (Fsp3) is 0.231. The molecule has 0 unspecified atom stereocenters. The molecule has 0 aliphatic heterocycles. The summed E-state index contributed by atoms with van der Waals surface area (Å²) in [7, 11) is 1.57. The number of hydrogen-bond donors (Lipinski definition) is 2. The van der Waals surface area contributed by atoms with Crippen LogP contribution in [0.4, 0.5) is 16.0 Å². The molecule has 3 aromatic heterocycles. The van der Waals surface area contributed by atoms with Crippen molar-refractivity contribution in [2.75, 3.05) is 19.0 Å². The van der Waals surface area contributed by atoms with Gasteiger partial charge in [0.15, 0.2) is 5.75 Å². The molecule has 0 radical (unpaired) electrons. The molecule has 1 saturated carbocycles. The molecule has 184 valence electrons. The quantitative estimate of drug-likeness (QED) is 0.356. The van der Waals surface area contributed by atoms with Crippen molar-refractivity contribution < 1.29 is 14.2 Å². The second-order valence-corrected chi connectivity index (χ2v) is 8.91. The number of halogens is 2. The smallest absolute Gasteiger partial charge is 0.251 e. The minimum absolute atomic E-state index is 0.0283. The fourth-order valence-electron chi connectivity index (χ4n) is 4.00. The van der Waals surface area contributed by atoms with Crippen LogP contribution in [0.15, 0.2) is 65.8 Å². The maximum Gasteiger partial charge on any atom is 0.251 e. The Morgan fingerprint density at radius 2 is 2.06 bits per heavy atom. The van der Waals surface area contributed by atoms with Crippen molar-refractivity contribution in [1.29, 1.82) is 0 Å². The second-order valence-electron chi connectivity index (χ2n) is 8.51. The number of anilines is 2. The fourth-order valence-corrected chi connectivity index (χ4v) is 4.12. The van der Waals surface area contributed by atoms with E-state index >= 15 is 0 Å². The summed E-state index contributed by atoms with van der Waals surface area (Å²) in [6.45, 7) is -0.390. The van der Waals surface area contributed by atoms with Crippen molar-refractivity contribution in [3.05, 3.63) is 93.5 Å². The van der Waals surface area contributed by atoms with Gasteiger partial charge in [0.1, 0.15) is 5.82 Å². The average Bonchev–Trinajstić information content (AvgIpc) is 3.73. The summed E-state index contributed by atoms with van der Waals surface area (Å²) < 4.78 is 20.7. The molecule has 0 bridgehead atoms. The predicted molar refractivity (Wildman–Crippen MR) is 134 cm³/mol. The lowest BCUT2D eigenvalue weighted by Crippen LogP contribution is -2.27. The normalized spacial score (nSPS) is 13.9. The van der Waals surface area contributed by atoms with E-state index in [4.69, 9.17) is 16.3 Å². The van der Waals surface area contributed by atoms with Gasteiger partial charge in [-0.15, -0.1) is 0 Å². The molecule has 8 nitrogen and oxygen atoms in total. The van der Waals surface area contributed by atoms with Gasteiger partial charge in [-0.25, -0.2) is 14.4 Å². The third kappa shape index (κ3) is 4.93. The zero-order valence-corrected chi connectivity index (χ0v) is 20.1. The average molecular weight is 508 g/mol. The first kappa shape index (κ1) is 23.9. The lowest BCUT2D eigenvalue weighted by Gasteiger charge is -2.18. The molecule has 1 fully saturated rings. The number of rotatable bonds is 8. The SMILES string of the molecule is COc1cnc(C2CC2)cc1Nc1nccc(-c2ccn([C@H](CO)c3ccc(Cl)c(F)c3)c(=O)c2)n1. The minimum Gasteiger partial charge on any atom is -0.493 e. The third-order valence-corrected chi connectivity index (χ3v) is 6.39. The van der Waals surface area contributed by atoms with Crippen LogP contribution in [-0.4, -0.2) is 38.3 Å². The van der Waals surface area contributed by atoms with Crippen molar-refractivity contribution in [3.8, 4) is 17.0 Å². The van der Waals surface area contributed by atoms with E-state index in [0.29, 0.717) is 40.1 Å². The summed E-state index contributed by atoms with van der Waals surface area (Å²) in [6, 6.07) is 10.2. The van der Waals surface area contributed by atoms with Crippen molar-refractivity contribution in [2.24, 2.45) is 0 Å². The van der Waals surface area contributed by atoms with Crippen LogP contribution in [0.1, 0.15) is 36.1 Å². The first-order chi connectivity index (χ1) is 17.5. The highest BCUT2D eigenvalue weighted by molar-refractivity contribution is 6.30. The van der Waals surface area contributed by atoms with E-state index in [1.165, 1.54) is 22.8 Å². The Bertz CT molecular complexity index is 1470. The largest absolute Gasteiger partial charge is 0.493 e. The predicted octanol–water partition coefficient (Wildman–Crippen LogP) is 4.70. The number of aliphatic hydroxyl groups excluding tert-OH is 1. The van der Waals surface area contributed by atoms with E-state index in [9.17, 15) is 14.3 Å². The van der Waals surface area contributed by atoms with Crippen molar-refractivity contribution in [3.63, 3.8) is 0 Å². The summed E-state index contributed by atoms with van der Waals surface area (Å²) in [5, 5.41) is 13.1. The molecule has 10 heteroatoms. The number of nitrogens with zero attached hydrogens (tertiary/aromatic N) is 4. The molecule has 5 rings (SSSR count). The van der Waals surface area contributed by atoms with Gasteiger partial charge < -0.3 is 19.7 Å². The molecule has 0 saturated heterocycles. The molecule has 3 heterocycles. The van der Waals surface area contributed by atoms with Crippen LogP contribution >= 0.6 is 11.6 Å². The summed E-state index contributed by atoms with van der Waals surface area (Å²) in [5.74, 6) is 0.771. The number of methoxy groups -OCH3 is 1. The summed E-state index contributed by atoms with van der Waals surface area (Å²) in [6.07, 6.45) is 7.08. The number of aliphatic hydroxyl groups is 1. The number of nitrogens with one attached hydrogen (secondary N) is 1. The van der Waals surface area contributed by atoms with Crippen LogP contribution in [0.25, 0.3) is 11.3 Å². The van der Waals surface area contributed by atoms with Gasteiger partial charge in [-0.1, -0.05) is 17.7 Å².